The van der Waals surface area contributed by atoms with Gasteiger partial charge in [0, 0.05) is 45.3 Å². The number of carboxylic acid groups (broad SMARTS) is 1. The normalized spacial score (nSPS) is 11.5. The molecule has 4 amide bonds. The van der Waals surface area contributed by atoms with Crippen molar-refractivity contribution >= 4 is 35.4 Å². The minimum Gasteiger partial charge on any atom is -0.480 e. The maximum Gasteiger partial charge on any atom is 0.326 e. The number of unbranched alkanes of at least 4 members (excludes halogenated alkanes) is 10. The van der Waals surface area contributed by atoms with Crippen LogP contribution in [-0.2, 0) is 43.0 Å². The molecule has 0 heterocycles. The summed E-state index contributed by atoms with van der Waals surface area (Å²) in [6, 6.07) is -1.12. The van der Waals surface area contributed by atoms with Crippen molar-refractivity contribution in [1.82, 2.24) is 21.3 Å². The van der Waals surface area contributed by atoms with Gasteiger partial charge in [-0.05, 0) is 26.2 Å². The van der Waals surface area contributed by atoms with Crippen LogP contribution >= 0.6 is 0 Å². The first-order valence-electron chi connectivity index (χ1n) is 17.7. The third-order valence-electron chi connectivity index (χ3n) is 7.36. The maximum atomic E-state index is 12.2. The maximum absolute atomic E-state index is 12.2. The number of Topliss-reactive ketones (excluding diaryl/α,β-unsaturated/α-hetero) is 1. The fraction of sp³-hybridized carbons (Fsp3) is 0.824. The highest BCUT2D eigenvalue weighted by molar-refractivity contribution is 5.84. The van der Waals surface area contributed by atoms with Crippen LogP contribution in [0.2, 0.25) is 0 Å². The average molecular weight is 687 g/mol. The Morgan fingerprint density at radius 2 is 1.00 bits per heavy atom. The largest absolute Gasteiger partial charge is 0.480 e. The van der Waals surface area contributed by atoms with Gasteiger partial charge in [0.05, 0.1) is 33.0 Å². The van der Waals surface area contributed by atoms with E-state index in [1.807, 2.05) is 0 Å². The average Bonchev–Trinajstić information content (AvgIpc) is 3.05. The third-order valence-corrected chi connectivity index (χ3v) is 7.36. The predicted octanol–water partition coefficient (Wildman–Crippen LogP) is 2.80. The Kier molecular flexibility index (Phi) is 30.4. The van der Waals surface area contributed by atoms with Crippen molar-refractivity contribution < 1.29 is 48.1 Å². The Hall–Kier alpha value is -3.10. The van der Waals surface area contributed by atoms with Gasteiger partial charge >= 0.3 is 5.97 Å². The van der Waals surface area contributed by atoms with Gasteiger partial charge in [0.25, 0.3) is 0 Å². The zero-order chi connectivity index (χ0) is 35.7. The van der Waals surface area contributed by atoms with E-state index in [4.69, 9.17) is 14.2 Å². The van der Waals surface area contributed by atoms with Crippen molar-refractivity contribution in [1.29, 1.82) is 0 Å². The lowest BCUT2D eigenvalue weighted by Gasteiger charge is -2.14. The Morgan fingerprint density at radius 1 is 0.542 bits per heavy atom. The molecule has 0 aliphatic heterocycles. The predicted molar refractivity (Wildman–Crippen MR) is 181 cm³/mol. The number of carboxylic acids is 1. The molecule has 1 atom stereocenters. The summed E-state index contributed by atoms with van der Waals surface area (Å²) in [7, 11) is 0. The molecule has 0 aromatic carbocycles. The summed E-state index contributed by atoms with van der Waals surface area (Å²) in [5.41, 5.74) is 0. The second-order valence-electron chi connectivity index (χ2n) is 11.8. The van der Waals surface area contributed by atoms with Gasteiger partial charge < -0.3 is 45.4 Å². The number of carbonyl (C=O) groups excluding carboxylic acids is 5. The molecule has 0 saturated heterocycles. The monoisotopic (exact) mass is 686 g/mol. The SMILES string of the molecule is CCC(=O)NCCOCCNC(=O)COCCOCCNC(=O)CC[C@@H](NC(=O)CCCCCCCCCCCCCC(C)=O)C(=O)O. The van der Waals surface area contributed by atoms with Gasteiger partial charge in [-0.15, -0.1) is 0 Å². The number of hydrogen-bond donors (Lipinski definition) is 5. The summed E-state index contributed by atoms with van der Waals surface area (Å²) in [6.45, 7) is 5.60. The first-order valence-corrected chi connectivity index (χ1v) is 17.7. The number of aliphatic carboxylic acids is 1. The van der Waals surface area contributed by atoms with E-state index < -0.39 is 12.0 Å². The Labute approximate surface area is 286 Å². The first kappa shape index (κ1) is 44.9. The van der Waals surface area contributed by atoms with E-state index in [1.165, 1.54) is 32.1 Å². The van der Waals surface area contributed by atoms with Crippen molar-refractivity contribution in [3.05, 3.63) is 0 Å². The minimum absolute atomic E-state index is 0.0102. The highest BCUT2D eigenvalue weighted by Crippen LogP contribution is 2.13. The van der Waals surface area contributed by atoms with Crippen LogP contribution in [0.4, 0.5) is 0 Å². The molecule has 14 nitrogen and oxygen atoms in total. The smallest absolute Gasteiger partial charge is 0.326 e. The highest BCUT2D eigenvalue weighted by Gasteiger charge is 2.20. The topological polar surface area (TPSA) is 198 Å². The van der Waals surface area contributed by atoms with Crippen molar-refractivity contribution in [2.24, 2.45) is 0 Å². The van der Waals surface area contributed by atoms with E-state index in [1.54, 1.807) is 13.8 Å². The summed E-state index contributed by atoms with van der Waals surface area (Å²) in [5, 5.41) is 20.0. The minimum atomic E-state index is -1.17. The van der Waals surface area contributed by atoms with Crippen molar-refractivity contribution in [3.63, 3.8) is 0 Å². The lowest BCUT2D eigenvalue weighted by molar-refractivity contribution is -0.142. The molecule has 0 aromatic heterocycles. The van der Waals surface area contributed by atoms with Crippen LogP contribution in [0.25, 0.3) is 0 Å². The van der Waals surface area contributed by atoms with E-state index in [0.717, 1.165) is 32.1 Å². The molecule has 0 spiro atoms. The van der Waals surface area contributed by atoms with Crippen LogP contribution in [0.15, 0.2) is 0 Å². The van der Waals surface area contributed by atoms with Crippen molar-refractivity contribution in [2.75, 3.05) is 59.3 Å². The van der Waals surface area contributed by atoms with E-state index in [2.05, 4.69) is 21.3 Å². The number of ether oxygens (including phenoxy) is 3. The van der Waals surface area contributed by atoms with E-state index >= 15 is 0 Å². The summed E-state index contributed by atoms with van der Waals surface area (Å²) in [4.78, 5) is 69.7. The third kappa shape index (κ3) is 31.5. The van der Waals surface area contributed by atoms with Crippen LogP contribution in [0.1, 0.15) is 117 Å². The number of ketones is 1. The number of carbonyl (C=O) groups is 6. The van der Waals surface area contributed by atoms with Crippen LogP contribution in [-0.4, -0.2) is 106 Å². The molecule has 14 heteroatoms. The molecular weight excluding hydrogens is 624 g/mol. The lowest BCUT2D eigenvalue weighted by atomic mass is 10.0. The molecule has 0 unspecified atom stereocenters. The molecule has 0 bridgehead atoms. The highest BCUT2D eigenvalue weighted by atomic mass is 16.5. The standard InChI is InChI=1S/C34H62N4O10/c1-3-30(40)35-19-22-46-23-21-37-33(43)27-48-26-25-47-24-20-36-31(41)18-17-29(34(44)45)38-32(42)16-14-12-10-8-6-4-5-7-9-11-13-15-28(2)39/h29H,3-27H2,1-2H3,(H,35,40)(H,36,41)(H,37,43)(H,38,42)(H,44,45)/t29-/m1/s1. The zero-order valence-corrected chi connectivity index (χ0v) is 29.4. The van der Waals surface area contributed by atoms with Crippen LogP contribution < -0.4 is 21.3 Å². The van der Waals surface area contributed by atoms with Gasteiger partial charge in [-0.3, -0.25) is 19.2 Å². The van der Waals surface area contributed by atoms with E-state index in [-0.39, 0.29) is 81.6 Å². The molecule has 278 valence electrons. The molecule has 0 aliphatic carbocycles. The van der Waals surface area contributed by atoms with Crippen LogP contribution in [0.3, 0.4) is 0 Å². The molecule has 0 aliphatic rings. The molecule has 0 saturated carbocycles. The molecular formula is C34H62N4O10. The molecule has 0 aromatic rings. The van der Waals surface area contributed by atoms with Crippen LogP contribution in [0.5, 0.6) is 0 Å². The number of amides is 4. The number of nitrogens with one attached hydrogen (secondary N) is 4. The van der Waals surface area contributed by atoms with E-state index in [0.29, 0.717) is 45.6 Å². The summed E-state index contributed by atoms with van der Waals surface area (Å²) < 4.78 is 15.9. The fourth-order valence-electron chi connectivity index (χ4n) is 4.59. The van der Waals surface area contributed by atoms with Gasteiger partial charge in [0.15, 0.2) is 0 Å². The Bertz CT molecular complexity index is 903. The lowest BCUT2D eigenvalue weighted by Crippen LogP contribution is -2.41. The molecule has 0 fully saturated rings. The van der Waals surface area contributed by atoms with Gasteiger partial charge in [0.2, 0.25) is 23.6 Å². The van der Waals surface area contributed by atoms with Gasteiger partial charge in [0.1, 0.15) is 18.4 Å². The number of rotatable bonds is 34. The number of hydrogen-bond acceptors (Lipinski definition) is 9. The fourth-order valence-corrected chi connectivity index (χ4v) is 4.59. The second kappa shape index (κ2) is 32.4. The summed E-state index contributed by atoms with van der Waals surface area (Å²) in [5.74, 6) is -1.89. The molecule has 48 heavy (non-hydrogen) atoms. The molecule has 0 radical (unpaired) electrons. The quantitative estimate of drug-likeness (QED) is 0.0628. The van der Waals surface area contributed by atoms with Crippen molar-refractivity contribution in [3.8, 4) is 0 Å². The van der Waals surface area contributed by atoms with Crippen molar-refractivity contribution in [2.45, 2.75) is 123 Å². The molecule has 0 rings (SSSR count). The zero-order valence-electron chi connectivity index (χ0n) is 29.4. The second-order valence-corrected chi connectivity index (χ2v) is 11.8. The first-order chi connectivity index (χ1) is 23.1. The van der Waals surface area contributed by atoms with Gasteiger partial charge in [-0.1, -0.05) is 64.7 Å². The van der Waals surface area contributed by atoms with E-state index in [9.17, 15) is 33.9 Å². The van der Waals surface area contributed by atoms with Gasteiger partial charge in [-0.25, -0.2) is 4.79 Å². The summed E-state index contributed by atoms with van der Waals surface area (Å²) >= 11 is 0. The van der Waals surface area contributed by atoms with Crippen LogP contribution in [0, 0.1) is 0 Å². The Morgan fingerprint density at radius 3 is 1.52 bits per heavy atom. The van der Waals surface area contributed by atoms with Gasteiger partial charge in [-0.2, -0.15) is 0 Å². The summed E-state index contributed by atoms with van der Waals surface area (Å²) in [6.07, 6.45) is 13.2. The Balaban J connectivity index is 3.70. The molecule has 5 N–H and O–H groups in total.